The highest BCUT2D eigenvalue weighted by Gasteiger charge is 2.54. The van der Waals surface area contributed by atoms with Crippen LogP contribution in [0.4, 0.5) is 13.2 Å². The third-order valence-corrected chi connectivity index (χ3v) is 9.91. The first kappa shape index (κ1) is 18.2. The first-order valence-electron chi connectivity index (χ1n) is 6.45. The number of aryl methyl sites for hydroxylation is 2. The standard InChI is InChI=1S/C15H14F3IO3S/c1-11-3-7-13(8-4-11)19(14-9-5-12(2)6-10-14)22-23(20,21)15(16,17)18/h3-10H,1-2H3/q+1. The molecule has 0 saturated carbocycles. The smallest absolute Gasteiger partial charge is 0.186 e. The Morgan fingerprint density at radius 1 is 0.826 bits per heavy atom. The molecular formula is C15H14F3IO3S+. The molecule has 2 rings (SSSR count). The molecule has 0 amide bonds. The fourth-order valence-electron chi connectivity index (χ4n) is 1.61. The van der Waals surface area contributed by atoms with Crippen LogP contribution in [0.15, 0.2) is 48.5 Å². The van der Waals surface area contributed by atoms with Gasteiger partial charge in [0.1, 0.15) is 0 Å². The Hall–Kier alpha value is -1.13. The van der Waals surface area contributed by atoms with E-state index >= 15 is 0 Å². The summed E-state index contributed by atoms with van der Waals surface area (Å²) in [4.78, 5) is 0. The molecule has 2 aromatic rings. The van der Waals surface area contributed by atoms with Gasteiger partial charge in [-0.2, -0.15) is 21.6 Å². The summed E-state index contributed by atoms with van der Waals surface area (Å²) >= 11 is -3.24. The zero-order valence-electron chi connectivity index (χ0n) is 12.3. The second kappa shape index (κ2) is 6.78. The lowest BCUT2D eigenvalue weighted by Crippen LogP contribution is -3.85. The zero-order chi connectivity index (χ0) is 17.3. The monoisotopic (exact) mass is 458 g/mol. The maximum Gasteiger partial charge on any atom is 0.526 e. The van der Waals surface area contributed by atoms with Crippen molar-refractivity contribution in [3.8, 4) is 0 Å². The third-order valence-electron chi connectivity index (χ3n) is 2.85. The highest BCUT2D eigenvalue weighted by Crippen LogP contribution is 2.22. The fraction of sp³-hybridized carbons (Fsp3) is 0.200. The van der Waals surface area contributed by atoms with E-state index in [0.717, 1.165) is 11.1 Å². The van der Waals surface area contributed by atoms with Crippen LogP contribution in [0, 0.1) is 21.0 Å². The van der Waals surface area contributed by atoms with Crippen molar-refractivity contribution in [3.05, 3.63) is 66.8 Å². The van der Waals surface area contributed by atoms with Crippen molar-refractivity contribution in [2.75, 3.05) is 0 Å². The molecular weight excluding hydrogens is 444 g/mol. The van der Waals surface area contributed by atoms with E-state index in [1.54, 1.807) is 48.5 Å². The van der Waals surface area contributed by atoms with Crippen molar-refractivity contribution in [1.29, 1.82) is 0 Å². The molecule has 125 valence electrons. The summed E-state index contributed by atoms with van der Waals surface area (Å²) < 4.78 is 66.5. The van der Waals surface area contributed by atoms with E-state index in [1.165, 1.54) is 0 Å². The molecule has 0 spiro atoms. The van der Waals surface area contributed by atoms with Crippen LogP contribution in [0.5, 0.6) is 0 Å². The summed E-state index contributed by atoms with van der Waals surface area (Å²) in [6.45, 7) is 3.67. The number of benzene rings is 2. The van der Waals surface area contributed by atoms with Crippen molar-refractivity contribution in [3.63, 3.8) is 0 Å². The van der Waals surface area contributed by atoms with E-state index in [9.17, 15) is 21.6 Å². The minimum atomic E-state index is -5.64. The number of alkyl halides is 3. The highest BCUT2D eigenvalue weighted by molar-refractivity contribution is 7.87. The fourth-order valence-corrected chi connectivity index (χ4v) is 8.02. The molecule has 0 N–H and O–H groups in total. The highest BCUT2D eigenvalue weighted by atomic mass is 127. The van der Waals surface area contributed by atoms with Gasteiger partial charge in [-0.1, -0.05) is 35.4 Å². The Balaban J connectivity index is 2.48. The van der Waals surface area contributed by atoms with Crippen LogP contribution in [0.25, 0.3) is 0 Å². The minimum Gasteiger partial charge on any atom is -0.186 e. The predicted molar refractivity (Wildman–Crippen MR) is 75.8 cm³/mol. The Labute approximate surface area is 140 Å². The minimum absolute atomic E-state index is 0.483. The Morgan fingerprint density at radius 3 is 1.48 bits per heavy atom. The van der Waals surface area contributed by atoms with Crippen molar-refractivity contribution in [1.82, 2.24) is 0 Å². The van der Waals surface area contributed by atoms with Gasteiger partial charge in [-0.05, 0) is 40.6 Å². The maximum absolute atomic E-state index is 12.7. The number of hydrogen-bond donors (Lipinski definition) is 0. The van der Waals surface area contributed by atoms with Gasteiger partial charge in [0.05, 0.1) is 0 Å². The molecule has 0 atom stereocenters. The zero-order valence-corrected chi connectivity index (χ0v) is 15.2. The van der Waals surface area contributed by atoms with Gasteiger partial charge in [-0.25, -0.2) is 0 Å². The average Bonchev–Trinajstić information content (AvgIpc) is 2.46. The van der Waals surface area contributed by atoms with Crippen molar-refractivity contribution < 1.29 is 44.3 Å². The molecule has 0 unspecified atom stereocenters. The molecule has 0 saturated heterocycles. The molecule has 8 heteroatoms. The summed E-state index contributed by atoms with van der Waals surface area (Å²) in [7, 11) is -5.64. The third kappa shape index (κ3) is 4.45. The van der Waals surface area contributed by atoms with Crippen LogP contribution >= 0.6 is 0 Å². The van der Waals surface area contributed by atoms with Gasteiger partial charge in [-0.15, -0.1) is 0 Å². The first-order chi connectivity index (χ1) is 10.6. The topological polar surface area (TPSA) is 43.4 Å². The van der Waals surface area contributed by atoms with Crippen molar-refractivity contribution >= 4 is 10.1 Å². The maximum atomic E-state index is 12.7. The van der Waals surface area contributed by atoms with Crippen LogP contribution in [0.1, 0.15) is 11.1 Å². The average molecular weight is 458 g/mol. The Kier molecular flexibility index (Phi) is 5.37. The van der Waals surface area contributed by atoms with E-state index in [1.807, 2.05) is 13.8 Å². The Morgan fingerprint density at radius 2 is 1.17 bits per heavy atom. The van der Waals surface area contributed by atoms with Gasteiger partial charge in [-0.3, -0.25) is 0 Å². The van der Waals surface area contributed by atoms with Gasteiger partial charge in [0, 0.05) is 0 Å². The predicted octanol–water partition coefficient (Wildman–Crippen LogP) is 0.749. The van der Waals surface area contributed by atoms with Gasteiger partial charge in [0.25, 0.3) is 0 Å². The molecule has 0 aliphatic heterocycles. The molecule has 0 bridgehead atoms. The van der Waals surface area contributed by atoms with Crippen LogP contribution in [0.3, 0.4) is 0 Å². The number of rotatable bonds is 4. The molecule has 0 aromatic heterocycles. The van der Waals surface area contributed by atoms with Gasteiger partial charge in [0.2, 0.25) is 0 Å². The van der Waals surface area contributed by atoms with Gasteiger partial charge < -0.3 is 0 Å². The normalized spacial score (nSPS) is 12.6. The molecule has 0 aliphatic carbocycles. The number of hydrogen-bond acceptors (Lipinski definition) is 3. The van der Waals surface area contributed by atoms with Crippen molar-refractivity contribution in [2.45, 2.75) is 19.4 Å². The first-order valence-corrected chi connectivity index (χ1v) is 10.9. The SMILES string of the molecule is Cc1ccc([I+](OS(=O)(=O)C(F)(F)F)c2ccc(C)cc2)cc1. The number of halogens is 4. The summed E-state index contributed by atoms with van der Waals surface area (Å²) in [6.07, 6.45) is 0. The van der Waals surface area contributed by atoms with E-state index in [0.29, 0.717) is 7.14 Å². The summed E-state index contributed by atoms with van der Waals surface area (Å²) in [5, 5.41) is 0. The molecule has 0 aliphatic rings. The molecule has 1 radical (unpaired) electrons. The van der Waals surface area contributed by atoms with Crippen LogP contribution in [-0.4, -0.2) is 13.9 Å². The summed E-state index contributed by atoms with van der Waals surface area (Å²) in [5.74, 6) is 0. The molecule has 3 nitrogen and oxygen atoms in total. The summed E-state index contributed by atoms with van der Waals surface area (Å²) in [6, 6.07) is 13.3. The second-order valence-electron chi connectivity index (χ2n) is 4.80. The quantitative estimate of drug-likeness (QED) is 0.502. The largest absolute Gasteiger partial charge is 0.526 e. The second-order valence-corrected chi connectivity index (χ2v) is 11.3. The lowest BCUT2D eigenvalue weighted by molar-refractivity contribution is -1.03. The van der Waals surface area contributed by atoms with E-state index in [4.69, 9.17) is 0 Å². The van der Waals surface area contributed by atoms with Crippen LogP contribution < -0.4 is 20.2 Å². The molecule has 0 fully saturated rings. The molecule has 23 heavy (non-hydrogen) atoms. The van der Waals surface area contributed by atoms with E-state index in [2.05, 4.69) is 2.51 Å². The summed E-state index contributed by atoms with van der Waals surface area (Å²) in [5.41, 5.74) is -3.59. The van der Waals surface area contributed by atoms with Gasteiger partial charge >= 0.3 is 35.9 Å². The van der Waals surface area contributed by atoms with Crippen LogP contribution in [-0.2, 0) is 12.6 Å². The molecule has 0 heterocycles. The van der Waals surface area contributed by atoms with Gasteiger partial charge in [0.15, 0.2) is 7.14 Å². The van der Waals surface area contributed by atoms with E-state index < -0.39 is 35.9 Å². The van der Waals surface area contributed by atoms with Crippen LogP contribution in [0.2, 0.25) is 0 Å². The lowest BCUT2D eigenvalue weighted by Gasteiger charge is -2.08. The lowest BCUT2D eigenvalue weighted by atomic mass is 10.2. The molecule has 2 aromatic carbocycles. The Bertz CT molecular complexity index is 724. The van der Waals surface area contributed by atoms with E-state index in [-0.39, 0.29) is 0 Å². The van der Waals surface area contributed by atoms with Crippen molar-refractivity contribution in [2.24, 2.45) is 0 Å².